The van der Waals surface area contributed by atoms with Crippen LogP contribution in [0.25, 0.3) is 11.1 Å². The molecule has 122 valence electrons. The fraction of sp³-hybridized carbons (Fsp3) is 0.389. The maximum absolute atomic E-state index is 5.45. The van der Waals surface area contributed by atoms with Crippen molar-refractivity contribution >= 4 is 17.3 Å². The molecule has 1 saturated heterocycles. The molecule has 5 heteroatoms. The van der Waals surface area contributed by atoms with Crippen molar-refractivity contribution in [1.82, 2.24) is 4.98 Å². The molecule has 2 N–H and O–H groups in total. The number of nitrogens with zero attached hydrogens (tertiary/aromatic N) is 2. The molecule has 1 fully saturated rings. The first-order valence-corrected chi connectivity index (χ1v) is 8.02. The van der Waals surface area contributed by atoms with Crippen molar-refractivity contribution in [2.24, 2.45) is 0 Å². The third kappa shape index (κ3) is 3.40. The van der Waals surface area contributed by atoms with Crippen molar-refractivity contribution in [1.29, 1.82) is 0 Å². The van der Waals surface area contributed by atoms with Gasteiger partial charge in [-0.25, -0.2) is 4.98 Å². The smallest absolute Gasteiger partial charge is 0.131 e. The lowest BCUT2D eigenvalue weighted by atomic mass is 10.00. The topological polar surface area (TPSA) is 49.4 Å². The zero-order chi connectivity index (χ0) is 16.2. The van der Waals surface area contributed by atoms with Gasteiger partial charge >= 0.3 is 0 Å². The SMILES string of the molecule is CNc1ccc(C)c(-c2cc(NC)nc(N3CCOCC3)c2)c1. The maximum Gasteiger partial charge on any atom is 0.131 e. The predicted molar refractivity (Wildman–Crippen MR) is 96.5 cm³/mol. The van der Waals surface area contributed by atoms with Gasteiger partial charge < -0.3 is 20.3 Å². The summed E-state index contributed by atoms with van der Waals surface area (Å²) < 4.78 is 5.45. The number of hydrogen-bond donors (Lipinski definition) is 2. The molecular formula is C18H24N4O. The highest BCUT2D eigenvalue weighted by Gasteiger charge is 2.15. The van der Waals surface area contributed by atoms with E-state index >= 15 is 0 Å². The van der Waals surface area contributed by atoms with E-state index in [1.165, 1.54) is 16.7 Å². The van der Waals surface area contributed by atoms with Crippen LogP contribution in [0.2, 0.25) is 0 Å². The van der Waals surface area contributed by atoms with Gasteiger partial charge in [0.05, 0.1) is 13.2 Å². The predicted octanol–water partition coefficient (Wildman–Crippen LogP) is 2.98. The summed E-state index contributed by atoms with van der Waals surface area (Å²) in [5, 5.41) is 6.39. The number of anilines is 3. The molecule has 1 aromatic carbocycles. The van der Waals surface area contributed by atoms with Crippen molar-refractivity contribution in [3.8, 4) is 11.1 Å². The number of pyridine rings is 1. The molecule has 1 aliphatic rings. The number of aromatic nitrogens is 1. The molecule has 0 amide bonds. The van der Waals surface area contributed by atoms with Gasteiger partial charge in [-0.3, -0.25) is 0 Å². The molecule has 1 aliphatic heterocycles. The van der Waals surface area contributed by atoms with Crippen LogP contribution in [0, 0.1) is 6.92 Å². The lowest BCUT2D eigenvalue weighted by molar-refractivity contribution is 0.122. The summed E-state index contributed by atoms with van der Waals surface area (Å²) in [5.74, 6) is 1.89. The average molecular weight is 312 g/mol. The zero-order valence-corrected chi connectivity index (χ0v) is 14.0. The highest BCUT2D eigenvalue weighted by molar-refractivity contribution is 5.75. The summed E-state index contributed by atoms with van der Waals surface area (Å²) in [6.07, 6.45) is 0. The van der Waals surface area contributed by atoms with Gasteiger partial charge in [0, 0.05) is 32.9 Å². The second-order valence-electron chi connectivity index (χ2n) is 5.73. The number of benzene rings is 1. The monoisotopic (exact) mass is 312 g/mol. The van der Waals surface area contributed by atoms with Gasteiger partial charge in [-0.15, -0.1) is 0 Å². The second-order valence-corrected chi connectivity index (χ2v) is 5.73. The van der Waals surface area contributed by atoms with Crippen LogP contribution < -0.4 is 15.5 Å². The average Bonchev–Trinajstić information content (AvgIpc) is 2.62. The molecule has 0 spiro atoms. The molecule has 5 nitrogen and oxygen atoms in total. The Bertz CT molecular complexity index is 681. The summed E-state index contributed by atoms with van der Waals surface area (Å²) in [7, 11) is 3.85. The molecular weight excluding hydrogens is 288 g/mol. The Morgan fingerprint density at radius 2 is 1.83 bits per heavy atom. The van der Waals surface area contributed by atoms with Gasteiger partial charge in [0.15, 0.2) is 0 Å². The molecule has 0 aliphatic carbocycles. The molecule has 2 aromatic rings. The van der Waals surface area contributed by atoms with Gasteiger partial charge in [0.1, 0.15) is 11.6 Å². The van der Waals surface area contributed by atoms with E-state index in [9.17, 15) is 0 Å². The van der Waals surface area contributed by atoms with Gasteiger partial charge in [-0.1, -0.05) is 6.07 Å². The molecule has 3 rings (SSSR count). The van der Waals surface area contributed by atoms with Crippen molar-refractivity contribution < 1.29 is 4.74 Å². The summed E-state index contributed by atoms with van der Waals surface area (Å²) >= 11 is 0. The molecule has 1 aromatic heterocycles. The first-order valence-electron chi connectivity index (χ1n) is 8.02. The van der Waals surface area contributed by atoms with Gasteiger partial charge in [-0.05, 0) is 47.9 Å². The van der Waals surface area contributed by atoms with Gasteiger partial charge in [0.25, 0.3) is 0 Å². The van der Waals surface area contributed by atoms with E-state index in [-0.39, 0.29) is 0 Å². The largest absolute Gasteiger partial charge is 0.388 e. The quantitative estimate of drug-likeness (QED) is 0.909. The number of morpholine rings is 1. The lowest BCUT2D eigenvalue weighted by Crippen LogP contribution is -2.36. The van der Waals surface area contributed by atoms with E-state index in [2.05, 4.69) is 52.8 Å². The summed E-state index contributed by atoms with van der Waals surface area (Å²) in [5.41, 5.74) is 4.78. The Balaban J connectivity index is 2.04. The van der Waals surface area contributed by atoms with Crippen LogP contribution in [0.4, 0.5) is 17.3 Å². The minimum absolute atomic E-state index is 0.759. The van der Waals surface area contributed by atoms with Crippen molar-refractivity contribution in [2.75, 3.05) is 55.9 Å². The van der Waals surface area contributed by atoms with Crippen molar-refractivity contribution in [3.63, 3.8) is 0 Å². The first-order chi connectivity index (χ1) is 11.2. The number of aryl methyl sites for hydroxylation is 1. The highest BCUT2D eigenvalue weighted by atomic mass is 16.5. The fourth-order valence-electron chi connectivity index (χ4n) is 2.84. The third-order valence-corrected chi connectivity index (χ3v) is 4.24. The lowest BCUT2D eigenvalue weighted by Gasteiger charge is -2.28. The Labute approximate surface area is 137 Å². The summed E-state index contributed by atoms with van der Waals surface area (Å²) in [6.45, 7) is 5.43. The number of hydrogen-bond acceptors (Lipinski definition) is 5. The standard InChI is InChI=1S/C18H24N4O/c1-13-4-5-15(19-2)12-16(13)14-10-17(20-3)21-18(11-14)22-6-8-23-9-7-22/h4-5,10-12,19H,6-9H2,1-3H3,(H,20,21). The molecule has 0 radical (unpaired) electrons. The fourth-order valence-corrected chi connectivity index (χ4v) is 2.84. The van der Waals surface area contributed by atoms with Gasteiger partial charge in [0.2, 0.25) is 0 Å². The molecule has 0 bridgehead atoms. The van der Waals surface area contributed by atoms with E-state index < -0.39 is 0 Å². The Morgan fingerprint density at radius 1 is 1.04 bits per heavy atom. The van der Waals surface area contributed by atoms with Gasteiger partial charge in [-0.2, -0.15) is 0 Å². The third-order valence-electron chi connectivity index (χ3n) is 4.24. The molecule has 0 saturated carbocycles. The van der Waals surface area contributed by atoms with Crippen molar-refractivity contribution in [3.05, 3.63) is 35.9 Å². The zero-order valence-electron chi connectivity index (χ0n) is 14.0. The maximum atomic E-state index is 5.45. The summed E-state index contributed by atoms with van der Waals surface area (Å²) in [4.78, 5) is 7.00. The minimum Gasteiger partial charge on any atom is -0.388 e. The van der Waals surface area contributed by atoms with Crippen LogP contribution in [-0.2, 0) is 4.74 Å². The molecule has 23 heavy (non-hydrogen) atoms. The number of rotatable bonds is 4. The van der Waals surface area contributed by atoms with Crippen molar-refractivity contribution in [2.45, 2.75) is 6.92 Å². The van der Waals surface area contributed by atoms with Crippen LogP contribution in [0.1, 0.15) is 5.56 Å². The normalized spacial score (nSPS) is 14.7. The molecule has 0 unspecified atom stereocenters. The Hall–Kier alpha value is -2.27. The van der Waals surface area contributed by atoms with Crippen LogP contribution in [0.5, 0.6) is 0 Å². The number of nitrogens with one attached hydrogen (secondary N) is 2. The van der Waals surface area contributed by atoms with Crippen LogP contribution >= 0.6 is 0 Å². The van der Waals surface area contributed by atoms with Crippen LogP contribution in [0.15, 0.2) is 30.3 Å². The van der Waals surface area contributed by atoms with E-state index in [0.29, 0.717) is 0 Å². The van der Waals surface area contributed by atoms with Crippen LogP contribution in [0.3, 0.4) is 0 Å². The Morgan fingerprint density at radius 3 is 2.52 bits per heavy atom. The first kappa shape index (κ1) is 15.6. The molecule has 2 heterocycles. The van der Waals surface area contributed by atoms with E-state index in [1.807, 2.05) is 14.1 Å². The van der Waals surface area contributed by atoms with E-state index in [0.717, 1.165) is 43.6 Å². The Kier molecular flexibility index (Phi) is 4.67. The molecule has 0 atom stereocenters. The summed E-state index contributed by atoms with van der Waals surface area (Å²) in [6, 6.07) is 10.7. The van der Waals surface area contributed by atoms with E-state index in [1.54, 1.807) is 0 Å². The van der Waals surface area contributed by atoms with Crippen LogP contribution in [-0.4, -0.2) is 45.4 Å². The highest BCUT2D eigenvalue weighted by Crippen LogP contribution is 2.31. The second kappa shape index (κ2) is 6.87. The minimum atomic E-state index is 0.759. The number of ether oxygens (including phenoxy) is 1. The van der Waals surface area contributed by atoms with E-state index in [4.69, 9.17) is 9.72 Å².